The maximum Gasteiger partial charge on any atom is 0.252 e. The monoisotopic (exact) mass is 383 g/mol. The lowest BCUT2D eigenvalue weighted by Crippen LogP contribution is -2.39. The first-order chi connectivity index (χ1) is 13.2. The van der Waals surface area contributed by atoms with E-state index in [2.05, 4.69) is 10.3 Å². The fourth-order valence-corrected chi connectivity index (χ4v) is 4.01. The topological polar surface area (TPSA) is 75.4 Å². The van der Waals surface area contributed by atoms with Crippen molar-refractivity contribution >= 4 is 34.3 Å². The van der Waals surface area contributed by atoms with E-state index >= 15 is 0 Å². The molecule has 2 aromatic heterocycles. The number of nitrogens with one attached hydrogen (secondary N) is 1. The Morgan fingerprint density at radius 3 is 2.78 bits per heavy atom. The van der Waals surface area contributed by atoms with Gasteiger partial charge in [-0.1, -0.05) is 12.1 Å². The summed E-state index contributed by atoms with van der Waals surface area (Å²) in [6, 6.07) is 9.54. The van der Waals surface area contributed by atoms with Gasteiger partial charge in [-0.15, -0.1) is 0 Å². The zero-order valence-electron chi connectivity index (χ0n) is 14.9. The summed E-state index contributed by atoms with van der Waals surface area (Å²) in [5.41, 5.74) is 2.34. The fraction of sp³-hybridized carbons (Fsp3) is 0.350. The molecule has 1 aliphatic rings. The molecule has 1 aliphatic heterocycles. The SMILES string of the molecule is O=C(NCCC(=O)N1CCC(c2nc3ccccc3o2)CC1)c1ccsc1. The van der Waals surface area contributed by atoms with Crippen LogP contribution >= 0.6 is 11.3 Å². The van der Waals surface area contributed by atoms with Gasteiger partial charge < -0.3 is 14.6 Å². The first kappa shape index (κ1) is 17.7. The van der Waals surface area contributed by atoms with Crippen molar-refractivity contribution in [3.05, 3.63) is 52.5 Å². The third kappa shape index (κ3) is 4.03. The Kier molecular flexibility index (Phi) is 5.20. The predicted octanol–water partition coefficient (Wildman–Crippen LogP) is 3.42. The molecule has 27 heavy (non-hydrogen) atoms. The molecule has 1 fully saturated rings. The molecule has 6 nitrogen and oxygen atoms in total. The molecule has 0 atom stereocenters. The molecular weight excluding hydrogens is 362 g/mol. The third-order valence-corrected chi connectivity index (χ3v) is 5.60. The van der Waals surface area contributed by atoms with E-state index in [1.165, 1.54) is 11.3 Å². The summed E-state index contributed by atoms with van der Waals surface area (Å²) < 4.78 is 5.87. The van der Waals surface area contributed by atoms with Gasteiger partial charge in [-0.3, -0.25) is 9.59 Å². The Morgan fingerprint density at radius 1 is 1.22 bits per heavy atom. The number of fused-ring (bicyclic) bond motifs is 1. The minimum atomic E-state index is -0.126. The van der Waals surface area contributed by atoms with Gasteiger partial charge in [0.1, 0.15) is 5.52 Å². The zero-order chi connectivity index (χ0) is 18.6. The van der Waals surface area contributed by atoms with Gasteiger partial charge in [0.05, 0.1) is 0 Å². The van der Waals surface area contributed by atoms with Crippen LogP contribution in [0.1, 0.15) is 41.4 Å². The molecule has 0 unspecified atom stereocenters. The van der Waals surface area contributed by atoms with Gasteiger partial charge >= 0.3 is 0 Å². The Bertz CT molecular complexity index is 894. The van der Waals surface area contributed by atoms with Gasteiger partial charge in [-0.05, 0) is 36.4 Å². The van der Waals surface area contributed by atoms with Gasteiger partial charge in [-0.25, -0.2) is 4.98 Å². The second kappa shape index (κ2) is 7.92. The van der Waals surface area contributed by atoms with Crippen LogP contribution in [0.3, 0.4) is 0 Å². The number of carbonyl (C=O) groups excluding carboxylic acids is 2. The Labute approximate surface area is 161 Å². The number of rotatable bonds is 5. The number of aromatic nitrogens is 1. The van der Waals surface area contributed by atoms with Gasteiger partial charge in [0.15, 0.2) is 11.5 Å². The van der Waals surface area contributed by atoms with Crippen LogP contribution in [0.15, 0.2) is 45.5 Å². The van der Waals surface area contributed by atoms with E-state index in [0.717, 1.165) is 29.8 Å². The van der Waals surface area contributed by atoms with Crippen LogP contribution in [0.4, 0.5) is 0 Å². The highest BCUT2D eigenvalue weighted by Gasteiger charge is 2.26. The molecule has 140 valence electrons. The van der Waals surface area contributed by atoms with Crippen LogP contribution in [0.2, 0.25) is 0 Å². The summed E-state index contributed by atoms with van der Waals surface area (Å²) in [5, 5.41) is 6.46. The normalized spacial score (nSPS) is 15.2. The Balaban J connectivity index is 1.25. The van der Waals surface area contributed by atoms with Crippen LogP contribution in [0, 0.1) is 0 Å². The van der Waals surface area contributed by atoms with Crippen LogP contribution in [0.25, 0.3) is 11.1 Å². The van der Waals surface area contributed by atoms with Gasteiger partial charge in [0, 0.05) is 42.9 Å². The number of likely N-dealkylation sites (tertiary alicyclic amines) is 1. The number of hydrogen-bond acceptors (Lipinski definition) is 5. The number of amides is 2. The number of piperidine rings is 1. The summed E-state index contributed by atoms with van der Waals surface area (Å²) in [7, 11) is 0. The van der Waals surface area contributed by atoms with Crippen LogP contribution in [0.5, 0.6) is 0 Å². The molecule has 7 heteroatoms. The van der Waals surface area contributed by atoms with Gasteiger partial charge in [0.25, 0.3) is 5.91 Å². The van der Waals surface area contributed by atoms with Crippen LogP contribution < -0.4 is 5.32 Å². The van der Waals surface area contributed by atoms with Crippen molar-refractivity contribution in [1.82, 2.24) is 15.2 Å². The highest BCUT2D eigenvalue weighted by atomic mass is 32.1. The van der Waals surface area contributed by atoms with E-state index in [9.17, 15) is 9.59 Å². The van der Waals surface area contributed by atoms with E-state index in [4.69, 9.17) is 4.42 Å². The molecule has 2 amide bonds. The number of nitrogens with zero attached hydrogens (tertiary/aromatic N) is 2. The Hall–Kier alpha value is -2.67. The molecule has 0 bridgehead atoms. The minimum absolute atomic E-state index is 0.0802. The first-order valence-electron chi connectivity index (χ1n) is 9.14. The summed E-state index contributed by atoms with van der Waals surface area (Å²) in [6.07, 6.45) is 2.02. The van der Waals surface area contributed by atoms with E-state index in [1.807, 2.05) is 34.5 Å². The second-order valence-corrected chi connectivity index (χ2v) is 7.47. The lowest BCUT2D eigenvalue weighted by molar-refractivity contribution is -0.132. The second-order valence-electron chi connectivity index (χ2n) is 6.69. The van der Waals surface area contributed by atoms with Crippen molar-refractivity contribution in [3.8, 4) is 0 Å². The summed E-state index contributed by atoms with van der Waals surface area (Å²) in [4.78, 5) is 30.7. The quantitative estimate of drug-likeness (QED) is 0.733. The van der Waals surface area contributed by atoms with Crippen molar-refractivity contribution < 1.29 is 14.0 Å². The van der Waals surface area contributed by atoms with Crippen molar-refractivity contribution in [2.24, 2.45) is 0 Å². The Morgan fingerprint density at radius 2 is 2.04 bits per heavy atom. The molecular formula is C20H21N3O3S. The molecule has 4 rings (SSSR count). The number of oxazole rings is 1. The van der Waals surface area contributed by atoms with Crippen molar-refractivity contribution in [2.45, 2.75) is 25.2 Å². The molecule has 1 N–H and O–H groups in total. The highest BCUT2D eigenvalue weighted by molar-refractivity contribution is 7.08. The average molecular weight is 383 g/mol. The molecule has 1 saturated heterocycles. The number of carbonyl (C=O) groups is 2. The smallest absolute Gasteiger partial charge is 0.252 e. The number of thiophene rings is 1. The molecule has 0 radical (unpaired) electrons. The van der Waals surface area contributed by atoms with E-state index < -0.39 is 0 Å². The molecule has 3 aromatic rings. The van der Waals surface area contributed by atoms with E-state index in [0.29, 0.717) is 31.6 Å². The van der Waals surface area contributed by atoms with Crippen LogP contribution in [-0.2, 0) is 4.79 Å². The zero-order valence-corrected chi connectivity index (χ0v) is 15.7. The number of hydrogen-bond donors (Lipinski definition) is 1. The predicted molar refractivity (Wildman–Crippen MR) is 104 cm³/mol. The third-order valence-electron chi connectivity index (χ3n) is 4.92. The molecule has 0 spiro atoms. The van der Waals surface area contributed by atoms with Crippen LogP contribution in [-0.4, -0.2) is 41.3 Å². The largest absolute Gasteiger partial charge is 0.440 e. The van der Waals surface area contributed by atoms with E-state index in [1.54, 1.807) is 11.4 Å². The van der Waals surface area contributed by atoms with Gasteiger partial charge in [0.2, 0.25) is 5.91 Å². The van der Waals surface area contributed by atoms with Crippen molar-refractivity contribution in [1.29, 1.82) is 0 Å². The maximum absolute atomic E-state index is 12.4. The average Bonchev–Trinajstić information content (AvgIpc) is 3.37. The minimum Gasteiger partial charge on any atom is -0.440 e. The lowest BCUT2D eigenvalue weighted by Gasteiger charge is -2.30. The molecule has 1 aromatic carbocycles. The van der Waals surface area contributed by atoms with Crippen molar-refractivity contribution in [3.63, 3.8) is 0 Å². The number of benzene rings is 1. The summed E-state index contributed by atoms with van der Waals surface area (Å²) in [5.74, 6) is 0.974. The lowest BCUT2D eigenvalue weighted by atomic mass is 9.96. The highest BCUT2D eigenvalue weighted by Crippen LogP contribution is 2.30. The maximum atomic E-state index is 12.4. The standard InChI is InChI=1S/C20H21N3O3S/c24-18(5-9-21-19(25)15-8-12-27-13-15)23-10-6-14(7-11-23)20-22-16-3-1-2-4-17(16)26-20/h1-4,8,12-14H,5-7,9-11H2,(H,21,25). The molecule has 0 aliphatic carbocycles. The first-order valence-corrected chi connectivity index (χ1v) is 10.1. The summed E-state index contributed by atoms with van der Waals surface area (Å²) >= 11 is 1.48. The van der Waals surface area contributed by atoms with E-state index in [-0.39, 0.29) is 17.7 Å². The summed E-state index contributed by atoms with van der Waals surface area (Å²) in [6.45, 7) is 1.75. The fourth-order valence-electron chi connectivity index (χ4n) is 3.38. The van der Waals surface area contributed by atoms with Gasteiger partial charge in [-0.2, -0.15) is 11.3 Å². The molecule has 3 heterocycles. The van der Waals surface area contributed by atoms with Crippen molar-refractivity contribution in [2.75, 3.05) is 19.6 Å². The number of para-hydroxylation sites is 2. The molecule has 0 saturated carbocycles.